The smallest absolute Gasteiger partial charge is 0.387 e. The van der Waals surface area contributed by atoms with Crippen molar-refractivity contribution in [2.24, 2.45) is 0 Å². The Bertz CT molecular complexity index is 1280. The van der Waals surface area contributed by atoms with E-state index in [1.807, 2.05) is 12.1 Å². The van der Waals surface area contributed by atoms with Crippen molar-refractivity contribution in [3.63, 3.8) is 0 Å². The number of fused-ring (bicyclic) bond motifs is 1. The number of aryl methyl sites for hydroxylation is 3. The third-order valence-electron chi connectivity index (χ3n) is 6.08. The van der Waals surface area contributed by atoms with Crippen LogP contribution in [0.1, 0.15) is 36.5 Å². The molecule has 0 saturated carbocycles. The second-order valence-corrected chi connectivity index (χ2v) is 8.38. The van der Waals surface area contributed by atoms with Crippen molar-refractivity contribution in [2.75, 3.05) is 0 Å². The third-order valence-corrected chi connectivity index (χ3v) is 6.08. The van der Waals surface area contributed by atoms with Gasteiger partial charge in [-0.25, -0.2) is 8.78 Å². The predicted octanol–water partition coefficient (Wildman–Crippen LogP) is 8.51. The molecule has 0 aromatic heterocycles. The summed E-state index contributed by atoms with van der Waals surface area (Å²) in [4.78, 5) is 0. The maximum absolute atomic E-state index is 15.3. The van der Waals surface area contributed by atoms with Gasteiger partial charge in [0.15, 0.2) is 11.6 Å². The van der Waals surface area contributed by atoms with Gasteiger partial charge in [-0.3, -0.25) is 0 Å². The maximum atomic E-state index is 15.3. The summed E-state index contributed by atoms with van der Waals surface area (Å²) in [6.07, 6.45) is 5.17. The Kier molecular flexibility index (Phi) is 7.51. The summed E-state index contributed by atoms with van der Waals surface area (Å²) in [6, 6.07) is 21.0. The molecule has 4 rings (SSSR count). The van der Waals surface area contributed by atoms with Gasteiger partial charge in [0.05, 0.1) is 0 Å². The van der Waals surface area contributed by atoms with Gasteiger partial charge in [-0.1, -0.05) is 74.0 Å². The number of unbranched alkanes of at least 4 members (excludes halogenated alkanes) is 1. The molecule has 5 heteroatoms. The molecule has 1 nitrogen and oxygen atoms in total. The second kappa shape index (κ2) is 10.7. The number of ether oxygens (including phenoxy) is 1. The van der Waals surface area contributed by atoms with Crippen molar-refractivity contribution in [3.05, 3.63) is 101 Å². The number of rotatable bonds is 9. The van der Waals surface area contributed by atoms with E-state index in [0.29, 0.717) is 5.39 Å². The molecule has 0 bridgehead atoms. The Labute approximate surface area is 197 Å². The molecule has 176 valence electrons. The minimum Gasteiger partial charge on any atom is -0.432 e. The van der Waals surface area contributed by atoms with E-state index in [2.05, 4.69) is 35.9 Å². The Morgan fingerprint density at radius 3 is 2.26 bits per heavy atom. The number of halogens is 4. The van der Waals surface area contributed by atoms with Crippen LogP contribution in [0.25, 0.3) is 21.9 Å². The van der Waals surface area contributed by atoms with Gasteiger partial charge in [-0.05, 0) is 65.5 Å². The second-order valence-electron chi connectivity index (χ2n) is 8.38. The molecule has 0 radical (unpaired) electrons. The van der Waals surface area contributed by atoms with Gasteiger partial charge >= 0.3 is 6.61 Å². The fraction of sp³-hybridized carbons (Fsp3) is 0.241. The molecule has 0 aliphatic carbocycles. The van der Waals surface area contributed by atoms with Crippen LogP contribution in [0.3, 0.4) is 0 Å². The van der Waals surface area contributed by atoms with Crippen molar-refractivity contribution in [1.29, 1.82) is 0 Å². The Morgan fingerprint density at radius 2 is 1.56 bits per heavy atom. The summed E-state index contributed by atoms with van der Waals surface area (Å²) in [5, 5.41) is 1.19. The SMILES string of the molecule is CCCCc1ccccc1CCc1ccc2c(F)c(-c3ccc(OC(F)F)c(F)c3)ccc2c1. The summed E-state index contributed by atoms with van der Waals surface area (Å²) in [7, 11) is 0. The van der Waals surface area contributed by atoms with E-state index in [1.54, 1.807) is 18.2 Å². The van der Waals surface area contributed by atoms with Crippen LogP contribution >= 0.6 is 0 Å². The van der Waals surface area contributed by atoms with Crippen LogP contribution in [-0.4, -0.2) is 6.61 Å². The zero-order valence-electron chi connectivity index (χ0n) is 19.0. The Hall–Kier alpha value is -3.34. The highest BCUT2D eigenvalue weighted by molar-refractivity contribution is 5.88. The molecule has 0 aliphatic heterocycles. The van der Waals surface area contributed by atoms with Crippen molar-refractivity contribution >= 4 is 10.8 Å². The van der Waals surface area contributed by atoms with E-state index >= 15 is 4.39 Å². The molecule has 0 spiro atoms. The molecule has 0 atom stereocenters. The predicted molar refractivity (Wildman–Crippen MR) is 128 cm³/mol. The minimum absolute atomic E-state index is 0.201. The number of alkyl halides is 2. The lowest BCUT2D eigenvalue weighted by Gasteiger charge is -2.12. The lowest BCUT2D eigenvalue weighted by Crippen LogP contribution is -2.03. The number of benzene rings is 4. The van der Waals surface area contributed by atoms with E-state index in [9.17, 15) is 13.2 Å². The molecular weight excluding hydrogens is 440 g/mol. The summed E-state index contributed by atoms with van der Waals surface area (Å²) >= 11 is 0. The molecule has 34 heavy (non-hydrogen) atoms. The first kappa shape index (κ1) is 23.8. The summed E-state index contributed by atoms with van der Waals surface area (Å²) in [5.74, 6) is -2.01. The third kappa shape index (κ3) is 5.41. The molecule has 0 N–H and O–H groups in total. The largest absolute Gasteiger partial charge is 0.432 e. The summed E-state index contributed by atoms with van der Waals surface area (Å²) < 4.78 is 58.3. The van der Waals surface area contributed by atoms with Crippen LogP contribution in [0.4, 0.5) is 17.6 Å². The Balaban J connectivity index is 1.55. The summed E-state index contributed by atoms with van der Waals surface area (Å²) in [6.45, 7) is -0.938. The van der Waals surface area contributed by atoms with Crippen LogP contribution in [0.5, 0.6) is 5.75 Å². The number of hydrogen-bond acceptors (Lipinski definition) is 1. The van der Waals surface area contributed by atoms with Gasteiger partial charge in [0.1, 0.15) is 5.82 Å². The molecule has 4 aromatic carbocycles. The molecule has 4 aromatic rings. The molecule has 0 unspecified atom stereocenters. The summed E-state index contributed by atoms with van der Waals surface area (Å²) in [5.41, 5.74) is 4.31. The minimum atomic E-state index is -3.13. The molecular formula is C29H26F4O. The topological polar surface area (TPSA) is 9.23 Å². The van der Waals surface area contributed by atoms with Gasteiger partial charge in [0.2, 0.25) is 0 Å². The van der Waals surface area contributed by atoms with Crippen LogP contribution in [0.15, 0.2) is 72.8 Å². The standard InChI is InChI=1S/C29H26F4O/c1-2-3-6-20-7-4-5-8-21(20)11-9-19-10-14-24-22(17-19)12-15-25(28(24)31)23-13-16-27(26(30)18-23)34-29(32)33/h4-5,7-8,10,12-18,29H,2-3,6,9,11H2,1H3. The molecule has 0 aliphatic rings. The fourth-order valence-electron chi connectivity index (χ4n) is 4.27. The first-order chi connectivity index (χ1) is 16.5. The van der Waals surface area contributed by atoms with Crippen molar-refractivity contribution in [3.8, 4) is 16.9 Å². The van der Waals surface area contributed by atoms with Gasteiger partial charge < -0.3 is 4.74 Å². The van der Waals surface area contributed by atoms with E-state index in [1.165, 1.54) is 23.6 Å². The zero-order chi connectivity index (χ0) is 24.1. The van der Waals surface area contributed by atoms with Crippen molar-refractivity contribution in [1.82, 2.24) is 0 Å². The molecule has 0 saturated heterocycles. The first-order valence-corrected chi connectivity index (χ1v) is 11.5. The quantitative estimate of drug-likeness (QED) is 0.225. The van der Waals surface area contributed by atoms with Gasteiger partial charge in [-0.15, -0.1) is 0 Å². The first-order valence-electron chi connectivity index (χ1n) is 11.5. The lowest BCUT2D eigenvalue weighted by atomic mass is 9.95. The number of hydrogen-bond donors (Lipinski definition) is 0. The van der Waals surface area contributed by atoms with E-state index in [4.69, 9.17) is 0 Å². The van der Waals surface area contributed by atoms with Crippen molar-refractivity contribution in [2.45, 2.75) is 45.6 Å². The normalized spacial score (nSPS) is 11.4. The zero-order valence-corrected chi connectivity index (χ0v) is 19.0. The van der Waals surface area contributed by atoms with Gasteiger partial charge in [0.25, 0.3) is 0 Å². The van der Waals surface area contributed by atoms with Gasteiger partial charge in [0, 0.05) is 10.9 Å². The van der Waals surface area contributed by atoms with Crippen LogP contribution in [-0.2, 0) is 19.3 Å². The lowest BCUT2D eigenvalue weighted by molar-refractivity contribution is -0.0521. The monoisotopic (exact) mass is 466 g/mol. The van der Waals surface area contributed by atoms with Crippen molar-refractivity contribution < 1.29 is 22.3 Å². The van der Waals surface area contributed by atoms with E-state index in [-0.39, 0.29) is 11.1 Å². The highest BCUT2D eigenvalue weighted by Gasteiger charge is 2.15. The highest BCUT2D eigenvalue weighted by Crippen LogP contribution is 2.32. The Morgan fingerprint density at radius 1 is 0.794 bits per heavy atom. The van der Waals surface area contributed by atoms with E-state index in [0.717, 1.165) is 48.8 Å². The van der Waals surface area contributed by atoms with Crippen LogP contribution in [0, 0.1) is 11.6 Å². The fourth-order valence-corrected chi connectivity index (χ4v) is 4.27. The van der Waals surface area contributed by atoms with Gasteiger partial charge in [-0.2, -0.15) is 8.78 Å². The molecule has 0 amide bonds. The average Bonchev–Trinajstić information content (AvgIpc) is 2.83. The molecule has 0 fully saturated rings. The maximum Gasteiger partial charge on any atom is 0.387 e. The van der Waals surface area contributed by atoms with E-state index < -0.39 is 24.0 Å². The molecule has 0 heterocycles. The van der Waals surface area contributed by atoms with Crippen LogP contribution in [0.2, 0.25) is 0 Å². The highest BCUT2D eigenvalue weighted by atomic mass is 19.3. The van der Waals surface area contributed by atoms with Crippen LogP contribution < -0.4 is 4.74 Å². The average molecular weight is 467 g/mol.